The lowest BCUT2D eigenvalue weighted by Crippen LogP contribution is -2.13. The fourth-order valence-electron chi connectivity index (χ4n) is 3.48. The minimum Gasteiger partial charge on any atom is -0.397 e. The van der Waals surface area contributed by atoms with E-state index in [1.54, 1.807) is 36.8 Å². The number of imidazole rings is 1. The Balaban J connectivity index is 1.36. The van der Waals surface area contributed by atoms with E-state index in [0.29, 0.717) is 46.3 Å². The maximum absolute atomic E-state index is 12.6. The molecule has 0 spiro atoms. The van der Waals surface area contributed by atoms with Gasteiger partial charge in [-0.15, -0.1) is 0 Å². The molecule has 0 saturated heterocycles. The molecule has 11 heteroatoms. The van der Waals surface area contributed by atoms with E-state index in [9.17, 15) is 4.79 Å². The van der Waals surface area contributed by atoms with Crippen molar-refractivity contribution in [3.8, 4) is 0 Å². The predicted octanol–water partition coefficient (Wildman–Crippen LogP) is 4.14. The van der Waals surface area contributed by atoms with Gasteiger partial charge in [0.25, 0.3) is 5.91 Å². The highest BCUT2D eigenvalue weighted by molar-refractivity contribution is 6.28. The number of nitrogens with zero attached hydrogens (tertiary/aromatic N) is 5. The molecule has 3 aromatic heterocycles. The first kappa shape index (κ1) is 21.4. The molecule has 0 radical (unpaired) electrons. The largest absolute Gasteiger partial charge is 0.397 e. The van der Waals surface area contributed by atoms with Crippen LogP contribution in [0.15, 0.2) is 61.1 Å². The summed E-state index contributed by atoms with van der Waals surface area (Å²) in [5.74, 6) is 0.951. The van der Waals surface area contributed by atoms with Crippen molar-refractivity contribution < 1.29 is 4.79 Å². The van der Waals surface area contributed by atoms with Crippen LogP contribution in [0.2, 0.25) is 5.28 Å². The van der Waals surface area contributed by atoms with Crippen LogP contribution in [-0.2, 0) is 6.54 Å². The first-order valence-electron chi connectivity index (χ1n) is 10.4. The highest BCUT2D eigenvalue weighted by Gasteiger charge is 2.15. The Bertz CT molecular complexity index is 1490. The van der Waals surface area contributed by atoms with Crippen molar-refractivity contribution >= 4 is 51.7 Å². The van der Waals surface area contributed by atoms with Gasteiger partial charge in [0.05, 0.1) is 30.4 Å². The lowest BCUT2D eigenvalue weighted by molar-refractivity contribution is 0.102. The van der Waals surface area contributed by atoms with Gasteiger partial charge >= 0.3 is 0 Å². The molecule has 0 unspecified atom stereocenters. The lowest BCUT2D eigenvalue weighted by Gasteiger charge is -2.09. The van der Waals surface area contributed by atoms with Crippen LogP contribution in [0.1, 0.15) is 21.5 Å². The number of halogens is 1. The molecule has 0 aliphatic carbocycles. The van der Waals surface area contributed by atoms with Gasteiger partial charge in [-0.25, -0.2) is 4.98 Å². The quantitative estimate of drug-likeness (QED) is 0.214. The number of nitrogen functional groups attached to an aromatic ring is 1. The third-order valence-corrected chi connectivity index (χ3v) is 5.46. The zero-order valence-corrected chi connectivity index (χ0v) is 18.8. The molecule has 5 aromatic rings. The lowest BCUT2D eigenvalue weighted by atomic mass is 10.1. The van der Waals surface area contributed by atoms with Crippen LogP contribution in [0.25, 0.3) is 11.2 Å². The van der Waals surface area contributed by atoms with Crippen molar-refractivity contribution in [2.75, 3.05) is 16.4 Å². The van der Waals surface area contributed by atoms with Gasteiger partial charge in [0, 0.05) is 11.1 Å². The number of carbonyl (C=O) groups is 1. The van der Waals surface area contributed by atoms with Crippen LogP contribution in [-0.4, -0.2) is 35.6 Å². The highest BCUT2D eigenvalue weighted by atomic mass is 35.5. The minimum absolute atomic E-state index is 0.0983. The summed E-state index contributed by atoms with van der Waals surface area (Å²) in [6.45, 7) is 2.41. The number of anilines is 4. The second-order valence-electron chi connectivity index (χ2n) is 7.68. The van der Waals surface area contributed by atoms with E-state index >= 15 is 0 Å². The van der Waals surface area contributed by atoms with E-state index in [-0.39, 0.29) is 11.2 Å². The Morgan fingerprint density at radius 3 is 2.68 bits per heavy atom. The van der Waals surface area contributed by atoms with Crippen LogP contribution >= 0.6 is 11.6 Å². The Morgan fingerprint density at radius 1 is 1.15 bits per heavy atom. The van der Waals surface area contributed by atoms with E-state index in [1.165, 1.54) is 0 Å². The summed E-state index contributed by atoms with van der Waals surface area (Å²) in [6.07, 6.45) is 3.39. The average Bonchev–Trinajstić information content (AvgIpc) is 3.42. The van der Waals surface area contributed by atoms with E-state index in [1.807, 2.05) is 35.8 Å². The van der Waals surface area contributed by atoms with Crippen molar-refractivity contribution in [3.05, 3.63) is 83.0 Å². The molecule has 0 fully saturated rings. The molecular formula is C23H20ClN9O. The van der Waals surface area contributed by atoms with Gasteiger partial charge in [0.15, 0.2) is 17.0 Å². The number of fused-ring (bicyclic) bond motifs is 1. The number of aromatic nitrogens is 6. The van der Waals surface area contributed by atoms with E-state index in [4.69, 9.17) is 17.3 Å². The average molecular weight is 474 g/mol. The van der Waals surface area contributed by atoms with Gasteiger partial charge in [-0.05, 0) is 48.4 Å². The van der Waals surface area contributed by atoms with Crippen molar-refractivity contribution in [1.82, 2.24) is 29.7 Å². The Labute approximate surface area is 199 Å². The molecule has 10 nitrogen and oxygen atoms in total. The van der Waals surface area contributed by atoms with Gasteiger partial charge in [-0.1, -0.05) is 24.3 Å². The number of nitrogens with two attached hydrogens (primary N) is 1. The van der Waals surface area contributed by atoms with Gasteiger partial charge < -0.3 is 20.9 Å². The summed E-state index contributed by atoms with van der Waals surface area (Å²) in [5.41, 5.74) is 10.6. The fraction of sp³-hybridized carbons (Fsp3) is 0.0870. The minimum atomic E-state index is -0.234. The third kappa shape index (κ3) is 4.26. The molecule has 0 saturated carbocycles. The number of H-pyrrole nitrogens is 1. The van der Waals surface area contributed by atoms with Crippen LogP contribution < -0.4 is 16.4 Å². The highest BCUT2D eigenvalue weighted by Crippen LogP contribution is 2.25. The van der Waals surface area contributed by atoms with Gasteiger partial charge in [0.1, 0.15) is 5.82 Å². The SMILES string of the molecule is Cc1cn[nH]c1Nc1nc(Cl)nc2c1ncn2Cc1ccc(C(=O)Nc2ccccc2N)cc1. The summed E-state index contributed by atoms with van der Waals surface area (Å²) in [7, 11) is 0. The zero-order valence-electron chi connectivity index (χ0n) is 18.1. The normalized spacial score (nSPS) is 11.0. The van der Waals surface area contributed by atoms with E-state index < -0.39 is 0 Å². The summed E-state index contributed by atoms with van der Waals surface area (Å²) in [6, 6.07) is 14.4. The number of nitrogens with one attached hydrogen (secondary N) is 3. The molecule has 0 bridgehead atoms. The van der Waals surface area contributed by atoms with Crippen molar-refractivity contribution in [2.24, 2.45) is 0 Å². The van der Waals surface area contributed by atoms with Gasteiger partial charge in [0.2, 0.25) is 5.28 Å². The summed E-state index contributed by atoms with van der Waals surface area (Å²) >= 11 is 6.19. The molecule has 5 rings (SSSR count). The van der Waals surface area contributed by atoms with Crippen LogP contribution in [0.3, 0.4) is 0 Å². The molecule has 1 amide bonds. The standard InChI is InChI=1S/C23H20ClN9O/c1-13-10-27-32-19(13)29-20-18-21(31-23(24)30-20)33(12-26-18)11-14-6-8-15(9-7-14)22(34)28-17-5-3-2-4-16(17)25/h2-10,12H,11,25H2,1H3,(H,28,34)(H2,27,29,30,31,32). The summed E-state index contributed by atoms with van der Waals surface area (Å²) in [5, 5.41) is 13.0. The number of amides is 1. The summed E-state index contributed by atoms with van der Waals surface area (Å²) < 4.78 is 1.87. The Kier molecular flexibility index (Phi) is 5.56. The maximum Gasteiger partial charge on any atom is 0.255 e. The fourth-order valence-corrected chi connectivity index (χ4v) is 3.64. The number of rotatable bonds is 6. The van der Waals surface area contributed by atoms with E-state index in [2.05, 4.69) is 35.8 Å². The van der Waals surface area contributed by atoms with Gasteiger partial charge in [-0.2, -0.15) is 15.1 Å². The van der Waals surface area contributed by atoms with Crippen LogP contribution in [0.5, 0.6) is 0 Å². The molecule has 0 aliphatic heterocycles. The van der Waals surface area contributed by atoms with E-state index in [0.717, 1.165) is 11.1 Å². The molecule has 34 heavy (non-hydrogen) atoms. The zero-order chi connectivity index (χ0) is 23.7. The van der Waals surface area contributed by atoms with Crippen molar-refractivity contribution in [3.63, 3.8) is 0 Å². The first-order valence-corrected chi connectivity index (χ1v) is 10.8. The number of carbonyl (C=O) groups excluding carboxylic acids is 1. The number of hydrogen-bond donors (Lipinski definition) is 4. The Morgan fingerprint density at radius 2 is 1.94 bits per heavy atom. The number of aryl methyl sites for hydroxylation is 1. The number of aromatic amines is 1. The number of benzene rings is 2. The molecule has 0 aliphatic rings. The van der Waals surface area contributed by atoms with Crippen molar-refractivity contribution in [2.45, 2.75) is 13.5 Å². The summed E-state index contributed by atoms with van der Waals surface area (Å²) in [4.78, 5) is 25.7. The molecule has 170 valence electrons. The van der Waals surface area contributed by atoms with Gasteiger partial charge in [-0.3, -0.25) is 9.89 Å². The molecule has 0 atom stereocenters. The molecule has 3 heterocycles. The monoisotopic (exact) mass is 473 g/mol. The predicted molar refractivity (Wildman–Crippen MR) is 131 cm³/mol. The number of para-hydroxylation sites is 2. The topological polar surface area (TPSA) is 139 Å². The smallest absolute Gasteiger partial charge is 0.255 e. The molecular weight excluding hydrogens is 454 g/mol. The molecule has 5 N–H and O–H groups in total. The molecule has 2 aromatic carbocycles. The van der Waals surface area contributed by atoms with Crippen LogP contribution in [0, 0.1) is 6.92 Å². The van der Waals surface area contributed by atoms with Crippen LogP contribution in [0.4, 0.5) is 23.0 Å². The second kappa shape index (κ2) is 8.83. The van der Waals surface area contributed by atoms with Crippen molar-refractivity contribution in [1.29, 1.82) is 0 Å². The Hall–Kier alpha value is -4.44. The third-order valence-electron chi connectivity index (χ3n) is 5.29. The number of hydrogen-bond acceptors (Lipinski definition) is 7. The first-order chi connectivity index (χ1) is 16.5. The second-order valence-corrected chi connectivity index (χ2v) is 8.02. The maximum atomic E-state index is 12.6.